The van der Waals surface area contributed by atoms with E-state index in [9.17, 15) is 36.3 Å². The fourth-order valence-corrected chi connectivity index (χ4v) is 5.28. The largest absolute Gasteiger partial charge is 0.478 e. The number of carboxylic acid groups (broad SMARTS) is 1. The van der Waals surface area contributed by atoms with Gasteiger partial charge in [0.05, 0.1) is 21.0 Å². The number of anilines is 2. The van der Waals surface area contributed by atoms with Crippen molar-refractivity contribution in [1.29, 1.82) is 0 Å². The normalized spacial score (nSPS) is 13.1. The monoisotopic (exact) mass is 644 g/mol. The number of hydrogen-bond donors (Lipinski definition) is 3. The maximum absolute atomic E-state index is 12.5. The molecule has 45 heavy (non-hydrogen) atoms. The molecule has 1 aliphatic rings. The van der Waals surface area contributed by atoms with E-state index in [1.54, 1.807) is 60.7 Å². The predicted octanol–water partition coefficient (Wildman–Crippen LogP) is 4.46. The van der Waals surface area contributed by atoms with E-state index in [2.05, 4.69) is 10.6 Å². The first-order chi connectivity index (χ1) is 21.4. The highest BCUT2D eigenvalue weighted by Crippen LogP contribution is 2.21. The van der Waals surface area contributed by atoms with Crippen LogP contribution < -0.4 is 10.6 Å². The van der Waals surface area contributed by atoms with Gasteiger partial charge in [0.1, 0.15) is 0 Å². The zero-order valence-corrected chi connectivity index (χ0v) is 25.6. The molecule has 0 heterocycles. The summed E-state index contributed by atoms with van der Waals surface area (Å²) in [6.45, 7) is 0. The lowest BCUT2D eigenvalue weighted by Crippen LogP contribution is -2.12. The summed E-state index contributed by atoms with van der Waals surface area (Å²) in [5, 5.41) is 15.1. The molecule has 0 saturated heterocycles. The number of allylic oxidation sites excluding steroid dienone is 5. The number of nitrogens with one attached hydrogen (secondary N) is 2. The number of sulfone groups is 1. The van der Waals surface area contributed by atoms with E-state index in [0.717, 1.165) is 17.4 Å². The molecule has 0 radical (unpaired) electrons. The smallest absolute Gasteiger partial charge is 0.337 e. The lowest BCUT2D eigenvalue weighted by Gasteiger charge is -2.10. The maximum atomic E-state index is 12.5. The second-order valence-corrected chi connectivity index (χ2v) is 13.0. The molecular weight excluding hydrogens is 617 g/mol. The topological polar surface area (TPSA) is 164 Å². The average Bonchev–Trinajstić information content (AvgIpc) is 3.00. The molecule has 0 fully saturated rings. The molecular formula is C33H28N2O8S2. The van der Waals surface area contributed by atoms with Gasteiger partial charge in [0.15, 0.2) is 9.84 Å². The van der Waals surface area contributed by atoms with Gasteiger partial charge in [-0.15, -0.1) is 0 Å². The highest BCUT2D eigenvalue weighted by atomic mass is 32.2. The van der Waals surface area contributed by atoms with Gasteiger partial charge in [0.2, 0.25) is 22.1 Å². The van der Waals surface area contributed by atoms with E-state index in [4.69, 9.17) is 0 Å². The minimum absolute atomic E-state index is 0.0826. The van der Waals surface area contributed by atoms with Gasteiger partial charge < -0.3 is 15.7 Å². The minimum atomic E-state index is -3.34. The van der Waals surface area contributed by atoms with Crippen molar-refractivity contribution in [3.63, 3.8) is 0 Å². The molecule has 0 aliphatic heterocycles. The van der Waals surface area contributed by atoms with Crippen molar-refractivity contribution in [3.8, 4) is 0 Å². The predicted molar refractivity (Wildman–Crippen MR) is 173 cm³/mol. The van der Waals surface area contributed by atoms with Crippen LogP contribution in [-0.2, 0) is 36.1 Å². The summed E-state index contributed by atoms with van der Waals surface area (Å²) in [5.41, 5.74) is 3.47. The lowest BCUT2D eigenvalue weighted by molar-refractivity contribution is -0.112. The zero-order chi connectivity index (χ0) is 32.6. The molecule has 0 atom stereocenters. The van der Waals surface area contributed by atoms with Crippen LogP contribution in [0.3, 0.4) is 0 Å². The number of hydrogen-bond acceptors (Lipinski definition) is 7. The molecule has 2 amide bonds. The first-order valence-corrected chi connectivity index (χ1v) is 16.4. The van der Waals surface area contributed by atoms with E-state index < -0.39 is 32.0 Å². The highest BCUT2D eigenvalue weighted by molar-refractivity contribution is 7.90. The van der Waals surface area contributed by atoms with Crippen molar-refractivity contribution in [2.45, 2.75) is 17.7 Å². The Morgan fingerprint density at radius 1 is 0.844 bits per heavy atom. The van der Waals surface area contributed by atoms with Gasteiger partial charge in [-0.2, -0.15) is 8.42 Å². The second-order valence-electron chi connectivity index (χ2n) is 9.99. The summed E-state index contributed by atoms with van der Waals surface area (Å²) in [5.74, 6) is -2.12. The fourth-order valence-electron chi connectivity index (χ4n) is 4.25. The third-order valence-corrected chi connectivity index (χ3v) is 8.44. The van der Waals surface area contributed by atoms with Crippen molar-refractivity contribution in [1.82, 2.24) is 0 Å². The Bertz CT molecular complexity index is 2010. The number of carboxylic acids is 1. The molecule has 3 aromatic rings. The molecule has 3 N–H and O–H groups in total. The van der Waals surface area contributed by atoms with Crippen LogP contribution in [0.1, 0.15) is 33.5 Å². The van der Waals surface area contributed by atoms with Crippen molar-refractivity contribution >= 4 is 60.2 Å². The van der Waals surface area contributed by atoms with Crippen molar-refractivity contribution in [2.75, 3.05) is 16.9 Å². The Hall–Kier alpha value is -5.33. The zero-order valence-electron chi connectivity index (χ0n) is 23.9. The number of carbonyl (C=O) groups excluding carboxylic acids is 2. The van der Waals surface area contributed by atoms with Crippen molar-refractivity contribution < 1.29 is 36.3 Å². The first-order valence-electron chi connectivity index (χ1n) is 13.4. The Kier molecular flexibility index (Phi) is 10.4. The lowest BCUT2D eigenvalue weighted by atomic mass is 10.0. The molecule has 0 saturated carbocycles. The Morgan fingerprint density at radius 2 is 1.49 bits per heavy atom. The van der Waals surface area contributed by atoms with E-state index >= 15 is 0 Å². The van der Waals surface area contributed by atoms with Gasteiger partial charge in [-0.1, -0.05) is 42.5 Å². The van der Waals surface area contributed by atoms with Crippen LogP contribution in [0.25, 0.3) is 6.08 Å². The summed E-state index contributed by atoms with van der Waals surface area (Å²) in [7, 11) is -5.60. The van der Waals surface area contributed by atoms with Crippen molar-refractivity contribution in [3.05, 3.63) is 131 Å². The number of benzene rings is 3. The van der Waals surface area contributed by atoms with Crippen LogP contribution in [0, 0.1) is 0 Å². The molecule has 4 rings (SSSR count). The molecule has 0 aromatic heterocycles. The summed E-state index contributed by atoms with van der Waals surface area (Å²) >= 11 is 0. The standard InChI is InChI=1S/C33H28N2O8S2/c1-45(42,43)28-15-6-23(7-16-28)10-19-32(37)35-30-17-8-25(21-29(30)33(38)39)20-24-2-11-26(12-3-24)34-31(36)18-9-22-4-13-27(14-5-22)44(40)41/h2-13,15-19,21H,14,20H2,1H3,(H,34,36)(H,35,37)(H,38,39). The summed E-state index contributed by atoms with van der Waals surface area (Å²) in [4.78, 5) is 37.2. The van der Waals surface area contributed by atoms with E-state index in [-0.39, 0.29) is 33.3 Å². The Labute approximate surface area is 261 Å². The summed E-state index contributed by atoms with van der Waals surface area (Å²) < 4.78 is 45.2. The number of carbonyl (C=O) groups is 3. The van der Waals surface area contributed by atoms with E-state index in [0.29, 0.717) is 23.2 Å². The number of aromatic carboxylic acids is 1. The van der Waals surface area contributed by atoms with Gasteiger partial charge in [0, 0.05) is 30.5 Å². The Balaban J connectivity index is 1.35. The maximum Gasteiger partial charge on any atom is 0.337 e. The molecule has 10 nitrogen and oxygen atoms in total. The van der Waals surface area contributed by atoms with E-state index in [1.807, 2.05) is 0 Å². The van der Waals surface area contributed by atoms with Crippen molar-refractivity contribution in [2.24, 2.45) is 0 Å². The van der Waals surface area contributed by atoms with Crippen LogP contribution in [0.2, 0.25) is 0 Å². The number of amides is 2. The van der Waals surface area contributed by atoms with E-state index in [1.165, 1.54) is 48.6 Å². The molecule has 0 bridgehead atoms. The average molecular weight is 645 g/mol. The van der Waals surface area contributed by atoms with Gasteiger partial charge in [-0.25, -0.2) is 13.2 Å². The molecule has 0 spiro atoms. The van der Waals surface area contributed by atoms with Crippen LogP contribution in [0.5, 0.6) is 0 Å². The third kappa shape index (κ3) is 9.58. The van der Waals surface area contributed by atoms with Gasteiger partial charge in [0.25, 0.3) is 0 Å². The van der Waals surface area contributed by atoms with Crippen LogP contribution in [-0.4, -0.2) is 50.8 Å². The molecule has 230 valence electrons. The Morgan fingerprint density at radius 3 is 2.09 bits per heavy atom. The quantitative estimate of drug-likeness (QED) is 0.215. The van der Waals surface area contributed by atoms with Gasteiger partial charge >= 0.3 is 5.97 Å². The molecule has 1 aliphatic carbocycles. The van der Waals surface area contributed by atoms with Crippen LogP contribution in [0.15, 0.2) is 114 Å². The SMILES string of the molecule is CS(=O)(=O)c1ccc(C=CC(=O)Nc2ccc(Cc3ccc(NC(=O)C=CC4=CCC(=S(=O)=O)C=C4)cc3)cc2C(=O)O)cc1. The minimum Gasteiger partial charge on any atom is -0.478 e. The molecule has 0 unspecified atom stereocenters. The molecule has 3 aromatic carbocycles. The summed E-state index contributed by atoms with van der Waals surface area (Å²) in [6, 6.07) is 17.7. The molecule has 12 heteroatoms. The highest BCUT2D eigenvalue weighted by Gasteiger charge is 2.13. The van der Waals surface area contributed by atoms with Gasteiger partial charge in [-0.05, 0) is 83.3 Å². The summed E-state index contributed by atoms with van der Waals surface area (Å²) in [6.07, 6.45) is 12.3. The number of rotatable bonds is 10. The van der Waals surface area contributed by atoms with Crippen LogP contribution >= 0.6 is 0 Å². The fraction of sp³-hybridized carbons (Fsp3) is 0.0909. The third-order valence-electron chi connectivity index (χ3n) is 6.58. The second kappa shape index (κ2) is 14.4. The van der Waals surface area contributed by atoms with Crippen LogP contribution in [0.4, 0.5) is 11.4 Å². The van der Waals surface area contributed by atoms with Gasteiger partial charge in [-0.3, -0.25) is 9.59 Å². The first kappa shape index (κ1) is 32.6.